The van der Waals surface area contributed by atoms with Gasteiger partial charge in [0.2, 0.25) is 10.0 Å². The Morgan fingerprint density at radius 2 is 1.70 bits per heavy atom. The Labute approximate surface area is 162 Å². The van der Waals surface area contributed by atoms with Crippen molar-refractivity contribution in [2.24, 2.45) is 0 Å². The van der Waals surface area contributed by atoms with Crippen LogP contribution in [-0.2, 0) is 10.0 Å². The first-order chi connectivity index (χ1) is 13.1. The van der Waals surface area contributed by atoms with Crippen LogP contribution >= 0.6 is 11.3 Å². The fourth-order valence-electron chi connectivity index (χ4n) is 3.28. The Morgan fingerprint density at radius 1 is 0.963 bits per heavy atom. The van der Waals surface area contributed by atoms with Gasteiger partial charge >= 0.3 is 5.97 Å². The van der Waals surface area contributed by atoms with Gasteiger partial charge in [-0.25, -0.2) is 13.2 Å². The van der Waals surface area contributed by atoms with Crippen LogP contribution in [0.5, 0.6) is 5.75 Å². The summed E-state index contributed by atoms with van der Waals surface area (Å²) >= 11 is 1.09. The third-order valence-electron chi connectivity index (χ3n) is 4.68. The van der Waals surface area contributed by atoms with E-state index in [9.17, 15) is 13.2 Å². The zero-order valence-electron chi connectivity index (χ0n) is 14.6. The summed E-state index contributed by atoms with van der Waals surface area (Å²) in [4.78, 5) is 12.8. The maximum absolute atomic E-state index is 12.9. The molecule has 1 aliphatic rings. The fraction of sp³-hybridized carbons (Fsp3) is 0.250. The number of esters is 1. The van der Waals surface area contributed by atoms with Crippen molar-refractivity contribution in [3.63, 3.8) is 0 Å². The van der Waals surface area contributed by atoms with E-state index < -0.39 is 16.0 Å². The summed E-state index contributed by atoms with van der Waals surface area (Å²) in [5, 5.41) is 3.62. The summed E-state index contributed by atoms with van der Waals surface area (Å²) in [6, 6.07) is 14.6. The molecule has 4 rings (SSSR count). The molecule has 3 aromatic rings. The minimum absolute atomic E-state index is 0.0418. The molecule has 0 spiro atoms. The lowest BCUT2D eigenvalue weighted by molar-refractivity contribution is 0.0736. The lowest BCUT2D eigenvalue weighted by Crippen LogP contribution is -2.36. The Morgan fingerprint density at radius 3 is 2.48 bits per heavy atom. The average Bonchev–Trinajstić information content (AvgIpc) is 3.19. The number of piperidine rings is 1. The van der Waals surface area contributed by atoms with Crippen molar-refractivity contribution >= 4 is 38.1 Å². The molecule has 0 radical (unpaired) electrons. The molecule has 1 aliphatic heterocycles. The molecule has 1 aromatic heterocycles. The summed E-state index contributed by atoms with van der Waals surface area (Å²) < 4.78 is 32.8. The standard InChI is InChI=1S/C20H19NO4S2/c22-20(25-17-9-8-15-6-2-3-7-16(15)14-17)19-18(10-13-26-19)27(23,24)21-11-4-1-5-12-21/h2-3,6-10,13-14H,1,4-5,11-12H2. The van der Waals surface area contributed by atoms with Crippen molar-refractivity contribution in [2.75, 3.05) is 13.1 Å². The van der Waals surface area contributed by atoms with Crippen molar-refractivity contribution in [3.05, 3.63) is 58.8 Å². The number of hydrogen-bond donors (Lipinski definition) is 0. The van der Waals surface area contributed by atoms with E-state index in [0.717, 1.165) is 41.4 Å². The van der Waals surface area contributed by atoms with Crippen molar-refractivity contribution < 1.29 is 17.9 Å². The van der Waals surface area contributed by atoms with Crippen LogP contribution in [-0.4, -0.2) is 31.8 Å². The topological polar surface area (TPSA) is 63.7 Å². The van der Waals surface area contributed by atoms with E-state index in [0.29, 0.717) is 18.8 Å². The number of hydrogen-bond acceptors (Lipinski definition) is 5. The third kappa shape index (κ3) is 3.63. The predicted molar refractivity (Wildman–Crippen MR) is 106 cm³/mol. The number of carbonyl (C=O) groups excluding carboxylic acids is 1. The van der Waals surface area contributed by atoms with Gasteiger partial charge in [-0.2, -0.15) is 4.31 Å². The van der Waals surface area contributed by atoms with Gasteiger partial charge in [-0.15, -0.1) is 11.3 Å². The second kappa shape index (κ2) is 7.42. The Hall–Kier alpha value is -2.22. The highest BCUT2D eigenvalue weighted by Crippen LogP contribution is 2.29. The van der Waals surface area contributed by atoms with Crippen LogP contribution in [0.25, 0.3) is 10.8 Å². The molecule has 1 saturated heterocycles. The van der Waals surface area contributed by atoms with Crippen LogP contribution in [0.2, 0.25) is 0 Å². The molecule has 0 aliphatic carbocycles. The van der Waals surface area contributed by atoms with Crippen LogP contribution in [0.3, 0.4) is 0 Å². The van der Waals surface area contributed by atoms with E-state index in [2.05, 4.69) is 0 Å². The molecule has 27 heavy (non-hydrogen) atoms. The summed E-state index contributed by atoms with van der Waals surface area (Å²) in [6.45, 7) is 0.995. The van der Waals surface area contributed by atoms with Crippen LogP contribution in [0.1, 0.15) is 28.9 Å². The molecule has 0 bridgehead atoms. The van der Waals surface area contributed by atoms with Crippen molar-refractivity contribution in [1.29, 1.82) is 0 Å². The maximum atomic E-state index is 12.9. The Balaban J connectivity index is 1.60. The van der Waals surface area contributed by atoms with E-state index in [4.69, 9.17) is 4.74 Å². The molecular formula is C20H19NO4S2. The SMILES string of the molecule is O=C(Oc1ccc2ccccc2c1)c1sccc1S(=O)(=O)N1CCCCC1. The lowest BCUT2D eigenvalue weighted by atomic mass is 10.1. The molecule has 7 heteroatoms. The van der Waals surface area contributed by atoms with E-state index in [-0.39, 0.29) is 9.77 Å². The van der Waals surface area contributed by atoms with E-state index in [1.165, 1.54) is 10.4 Å². The van der Waals surface area contributed by atoms with Crippen molar-refractivity contribution in [3.8, 4) is 5.75 Å². The second-order valence-electron chi connectivity index (χ2n) is 6.48. The summed E-state index contributed by atoms with van der Waals surface area (Å²) in [5.41, 5.74) is 0. The van der Waals surface area contributed by atoms with Crippen LogP contribution < -0.4 is 4.74 Å². The van der Waals surface area contributed by atoms with Crippen molar-refractivity contribution in [1.82, 2.24) is 4.31 Å². The molecule has 2 heterocycles. The van der Waals surface area contributed by atoms with Gasteiger partial charge in [0.1, 0.15) is 15.5 Å². The zero-order valence-corrected chi connectivity index (χ0v) is 16.3. The van der Waals surface area contributed by atoms with Gasteiger partial charge in [-0.3, -0.25) is 0 Å². The molecule has 1 fully saturated rings. The first-order valence-corrected chi connectivity index (χ1v) is 11.2. The maximum Gasteiger partial charge on any atom is 0.355 e. The predicted octanol–water partition coefficient (Wildman–Crippen LogP) is 4.30. The smallest absolute Gasteiger partial charge is 0.355 e. The highest BCUT2D eigenvalue weighted by Gasteiger charge is 2.31. The van der Waals surface area contributed by atoms with E-state index in [1.54, 1.807) is 17.5 Å². The largest absolute Gasteiger partial charge is 0.422 e. The molecule has 2 aromatic carbocycles. The normalized spacial score (nSPS) is 15.7. The fourth-order valence-corrected chi connectivity index (χ4v) is 6.06. The molecule has 140 valence electrons. The Bertz CT molecular complexity index is 1080. The lowest BCUT2D eigenvalue weighted by Gasteiger charge is -2.25. The quantitative estimate of drug-likeness (QED) is 0.483. The molecule has 0 unspecified atom stereocenters. The number of thiophene rings is 1. The number of benzene rings is 2. The highest BCUT2D eigenvalue weighted by atomic mass is 32.2. The molecule has 5 nitrogen and oxygen atoms in total. The average molecular weight is 402 g/mol. The van der Waals surface area contributed by atoms with Gasteiger partial charge in [0.15, 0.2) is 0 Å². The first-order valence-electron chi connectivity index (χ1n) is 8.84. The van der Waals surface area contributed by atoms with Gasteiger partial charge in [0, 0.05) is 13.1 Å². The van der Waals surface area contributed by atoms with Crippen LogP contribution in [0, 0.1) is 0 Å². The van der Waals surface area contributed by atoms with Gasteiger partial charge < -0.3 is 4.74 Å². The van der Waals surface area contributed by atoms with Crippen LogP contribution in [0.4, 0.5) is 0 Å². The summed E-state index contributed by atoms with van der Waals surface area (Å²) in [7, 11) is -3.68. The number of ether oxygens (including phenoxy) is 1. The number of fused-ring (bicyclic) bond motifs is 1. The van der Waals surface area contributed by atoms with Gasteiger partial charge in [-0.05, 0) is 47.2 Å². The van der Waals surface area contributed by atoms with Crippen LogP contribution in [0.15, 0.2) is 58.8 Å². The minimum Gasteiger partial charge on any atom is -0.422 e. The molecule has 0 atom stereocenters. The number of sulfonamides is 1. The van der Waals surface area contributed by atoms with E-state index >= 15 is 0 Å². The molecule has 0 saturated carbocycles. The Kier molecular flexibility index (Phi) is 4.99. The molecule has 0 amide bonds. The highest BCUT2D eigenvalue weighted by molar-refractivity contribution is 7.89. The number of rotatable bonds is 4. The monoisotopic (exact) mass is 401 g/mol. The van der Waals surface area contributed by atoms with Gasteiger partial charge in [-0.1, -0.05) is 36.8 Å². The number of carbonyl (C=O) groups is 1. The molecular weight excluding hydrogens is 382 g/mol. The number of nitrogens with zero attached hydrogens (tertiary/aromatic N) is 1. The summed E-state index contributed by atoms with van der Waals surface area (Å²) in [5.74, 6) is -0.246. The summed E-state index contributed by atoms with van der Waals surface area (Å²) in [6.07, 6.45) is 2.73. The third-order valence-corrected chi connectivity index (χ3v) is 7.64. The van der Waals surface area contributed by atoms with E-state index in [1.807, 2.05) is 30.3 Å². The van der Waals surface area contributed by atoms with Crippen molar-refractivity contribution in [2.45, 2.75) is 24.2 Å². The first kappa shape index (κ1) is 18.2. The second-order valence-corrected chi connectivity index (χ2v) is 9.30. The molecule has 0 N–H and O–H groups in total. The van der Waals surface area contributed by atoms with Gasteiger partial charge in [0.05, 0.1) is 0 Å². The minimum atomic E-state index is -3.68. The van der Waals surface area contributed by atoms with Gasteiger partial charge in [0.25, 0.3) is 0 Å². The zero-order chi connectivity index (χ0) is 18.9.